The Balaban J connectivity index is 1.51. The van der Waals surface area contributed by atoms with Crippen molar-refractivity contribution in [1.29, 1.82) is 0 Å². The summed E-state index contributed by atoms with van der Waals surface area (Å²) in [6.45, 7) is -1.24. The van der Waals surface area contributed by atoms with Crippen LogP contribution in [0.1, 0.15) is 0 Å². The van der Waals surface area contributed by atoms with Gasteiger partial charge in [-0.15, -0.1) is 0 Å². The zero-order valence-corrected chi connectivity index (χ0v) is 22.4. The summed E-state index contributed by atoms with van der Waals surface area (Å²) in [5.74, 6) is -2.27. The van der Waals surface area contributed by atoms with Gasteiger partial charge in [0.25, 0.3) is 0 Å². The van der Waals surface area contributed by atoms with E-state index < -0.39 is 96.6 Å². The second-order valence-corrected chi connectivity index (χ2v) is 9.99. The number of phenolic OH excluding ortho intramolecular Hbond substituents is 3. The molecule has 234 valence electrons. The third kappa shape index (κ3) is 5.67. The first kappa shape index (κ1) is 30.7. The van der Waals surface area contributed by atoms with Gasteiger partial charge in [0.1, 0.15) is 65.2 Å². The highest BCUT2D eigenvalue weighted by atomic mass is 16.7. The highest BCUT2D eigenvalue weighted by Gasteiger charge is 2.50. The van der Waals surface area contributed by atoms with Crippen LogP contribution < -0.4 is 14.9 Å². The summed E-state index contributed by atoms with van der Waals surface area (Å²) in [4.78, 5) is 13.6. The molecule has 2 fully saturated rings. The predicted octanol–water partition coefficient (Wildman–Crippen LogP) is -1.77. The van der Waals surface area contributed by atoms with Gasteiger partial charge in [0, 0.05) is 17.7 Å². The molecule has 0 spiro atoms. The quantitative estimate of drug-likeness (QED) is 0.143. The lowest BCUT2D eigenvalue weighted by atomic mass is 9.98. The van der Waals surface area contributed by atoms with E-state index in [0.717, 1.165) is 12.1 Å². The fourth-order valence-electron chi connectivity index (χ4n) is 4.87. The number of aliphatic hydroxyl groups excluding tert-OH is 6. The summed E-state index contributed by atoms with van der Waals surface area (Å²) < 4.78 is 33.0. The van der Waals surface area contributed by atoms with Gasteiger partial charge in [-0.25, -0.2) is 0 Å². The van der Waals surface area contributed by atoms with E-state index in [1.165, 1.54) is 25.3 Å². The number of fused-ring (bicyclic) bond motifs is 1. The summed E-state index contributed by atoms with van der Waals surface area (Å²) in [5.41, 5.74) is -1.11. The minimum atomic E-state index is -1.96. The second kappa shape index (κ2) is 12.1. The highest BCUT2D eigenvalue weighted by Crippen LogP contribution is 2.40. The first-order valence-electron chi connectivity index (χ1n) is 13.0. The number of benzene rings is 2. The van der Waals surface area contributed by atoms with Crippen molar-refractivity contribution in [3.63, 3.8) is 0 Å². The molecule has 5 rings (SSSR count). The Morgan fingerprint density at radius 3 is 2.33 bits per heavy atom. The van der Waals surface area contributed by atoms with Gasteiger partial charge in [-0.3, -0.25) is 4.79 Å². The zero-order valence-electron chi connectivity index (χ0n) is 22.4. The minimum Gasteiger partial charge on any atom is -0.508 e. The SMILES string of the molecule is COc1cc(-c2oc3cc(O)cc(O)c3c(=O)c2O[C@@H]2O[C@H](CO)[C@@H](O[C@H]3OC[C@@H](O)[C@H](O)[C@H]3O)[C@H](O)[C@H]2O)ccc1O. The van der Waals surface area contributed by atoms with Crippen molar-refractivity contribution in [3.8, 4) is 40.1 Å². The van der Waals surface area contributed by atoms with E-state index in [9.17, 15) is 50.8 Å². The molecule has 0 radical (unpaired) electrons. The molecule has 1 aromatic heterocycles. The monoisotopic (exact) mass is 610 g/mol. The molecule has 16 heteroatoms. The molecular weight excluding hydrogens is 580 g/mol. The Kier molecular flexibility index (Phi) is 8.66. The van der Waals surface area contributed by atoms with E-state index in [4.69, 9.17) is 28.1 Å². The average molecular weight is 611 g/mol. The van der Waals surface area contributed by atoms with Crippen LogP contribution in [0.4, 0.5) is 0 Å². The van der Waals surface area contributed by atoms with Gasteiger partial charge in [0.05, 0.1) is 20.3 Å². The minimum absolute atomic E-state index is 0.0144. The third-order valence-electron chi connectivity index (χ3n) is 7.16. The third-order valence-corrected chi connectivity index (χ3v) is 7.16. The molecule has 16 nitrogen and oxygen atoms in total. The van der Waals surface area contributed by atoms with Crippen LogP contribution in [-0.2, 0) is 14.2 Å². The van der Waals surface area contributed by atoms with Crippen molar-refractivity contribution < 1.29 is 74.1 Å². The summed E-state index contributed by atoms with van der Waals surface area (Å²) in [7, 11) is 1.28. The normalized spacial score (nSPS) is 31.2. The van der Waals surface area contributed by atoms with Gasteiger partial charge in [0.15, 0.2) is 23.5 Å². The molecule has 2 saturated heterocycles. The number of aromatic hydroxyl groups is 3. The van der Waals surface area contributed by atoms with Gasteiger partial charge in [-0.2, -0.15) is 0 Å². The van der Waals surface area contributed by atoms with Crippen LogP contribution in [0.3, 0.4) is 0 Å². The van der Waals surface area contributed by atoms with Crippen LogP contribution in [0.25, 0.3) is 22.3 Å². The van der Waals surface area contributed by atoms with Crippen molar-refractivity contribution in [1.82, 2.24) is 0 Å². The van der Waals surface area contributed by atoms with Crippen molar-refractivity contribution >= 4 is 11.0 Å². The van der Waals surface area contributed by atoms with Crippen LogP contribution in [-0.4, -0.2) is 122 Å². The molecule has 0 saturated carbocycles. The molecule has 0 bridgehead atoms. The summed E-state index contributed by atoms with van der Waals surface area (Å²) in [5, 5.41) is 91.6. The first-order chi connectivity index (χ1) is 20.4. The summed E-state index contributed by atoms with van der Waals surface area (Å²) in [6, 6.07) is 5.83. The van der Waals surface area contributed by atoms with E-state index in [2.05, 4.69) is 0 Å². The lowest BCUT2D eigenvalue weighted by Gasteiger charge is -2.44. The predicted molar refractivity (Wildman–Crippen MR) is 140 cm³/mol. The maximum atomic E-state index is 13.6. The molecule has 9 atom stereocenters. The molecule has 0 amide bonds. The van der Waals surface area contributed by atoms with Gasteiger partial charge in [-0.1, -0.05) is 0 Å². The molecule has 9 N–H and O–H groups in total. The van der Waals surface area contributed by atoms with Crippen LogP contribution in [0.2, 0.25) is 0 Å². The van der Waals surface area contributed by atoms with E-state index in [0.29, 0.717) is 0 Å². The Morgan fingerprint density at radius 2 is 1.63 bits per heavy atom. The molecule has 2 aliphatic rings. The first-order valence-corrected chi connectivity index (χ1v) is 13.0. The van der Waals surface area contributed by atoms with E-state index >= 15 is 0 Å². The number of aliphatic hydroxyl groups is 6. The smallest absolute Gasteiger partial charge is 0.239 e. The average Bonchev–Trinajstić information content (AvgIpc) is 2.97. The topological polar surface area (TPSA) is 258 Å². The van der Waals surface area contributed by atoms with Crippen LogP contribution in [0.15, 0.2) is 39.5 Å². The molecule has 0 aliphatic carbocycles. The van der Waals surface area contributed by atoms with Crippen molar-refractivity contribution in [2.24, 2.45) is 0 Å². The highest BCUT2D eigenvalue weighted by molar-refractivity contribution is 5.88. The number of methoxy groups -OCH3 is 1. The largest absolute Gasteiger partial charge is 0.508 e. The van der Waals surface area contributed by atoms with E-state index in [1.807, 2.05) is 0 Å². The standard InChI is InChI=1S/C27H30O16/c1-38-14-4-9(2-3-11(14)30)23-25(19(34)17-12(31)5-10(29)6-15(17)40-23)43-27-22(37)20(35)24(16(7-28)41-27)42-26-21(36)18(33)13(32)8-39-26/h2-6,13,16,18,20-22,24,26-33,35-37H,7-8H2,1H3/t13-,16-,18+,20-,21-,22-,24-,26-,27+/m1/s1. The Labute approximate surface area is 241 Å². The Bertz CT molecular complexity index is 1520. The van der Waals surface area contributed by atoms with Gasteiger partial charge >= 0.3 is 0 Å². The maximum absolute atomic E-state index is 13.6. The molecule has 2 aromatic carbocycles. The molecule has 43 heavy (non-hydrogen) atoms. The van der Waals surface area contributed by atoms with Gasteiger partial charge in [-0.05, 0) is 18.2 Å². The van der Waals surface area contributed by atoms with Crippen molar-refractivity contribution in [2.45, 2.75) is 55.3 Å². The number of hydrogen-bond acceptors (Lipinski definition) is 16. The number of rotatable bonds is 7. The number of phenols is 3. The summed E-state index contributed by atoms with van der Waals surface area (Å²) in [6.07, 6.45) is -15.1. The molecule has 0 unspecified atom stereocenters. The van der Waals surface area contributed by atoms with E-state index in [1.54, 1.807) is 0 Å². The molecule has 3 aromatic rings. The fraction of sp³-hybridized carbons (Fsp3) is 0.444. The molecular formula is C27H30O16. The van der Waals surface area contributed by atoms with Gasteiger partial charge in [0.2, 0.25) is 17.5 Å². The van der Waals surface area contributed by atoms with Crippen LogP contribution in [0, 0.1) is 0 Å². The van der Waals surface area contributed by atoms with Crippen molar-refractivity contribution in [2.75, 3.05) is 20.3 Å². The van der Waals surface area contributed by atoms with Crippen LogP contribution >= 0.6 is 0 Å². The molecule has 2 aliphatic heterocycles. The molecule has 3 heterocycles. The van der Waals surface area contributed by atoms with E-state index in [-0.39, 0.29) is 28.4 Å². The summed E-state index contributed by atoms with van der Waals surface area (Å²) >= 11 is 0. The number of hydrogen-bond donors (Lipinski definition) is 9. The Hall–Kier alpha value is -3.71. The van der Waals surface area contributed by atoms with Crippen LogP contribution in [0.5, 0.6) is 28.7 Å². The lowest BCUT2D eigenvalue weighted by molar-refractivity contribution is -0.339. The second-order valence-electron chi connectivity index (χ2n) is 9.99. The van der Waals surface area contributed by atoms with Gasteiger partial charge < -0.3 is 74.1 Å². The van der Waals surface area contributed by atoms with Crippen molar-refractivity contribution in [3.05, 3.63) is 40.6 Å². The number of ether oxygens (including phenoxy) is 5. The fourth-order valence-corrected chi connectivity index (χ4v) is 4.87. The zero-order chi connectivity index (χ0) is 31.2. The Morgan fingerprint density at radius 1 is 0.907 bits per heavy atom. The maximum Gasteiger partial charge on any atom is 0.239 e. The lowest BCUT2D eigenvalue weighted by Crippen LogP contribution is -2.63.